The van der Waals surface area contributed by atoms with E-state index in [0.29, 0.717) is 11.3 Å². The largest absolute Gasteiger partial charge is 0.393 e. The van der Waals surface area contributed by atoms with Crippen LogP contribution in [0.2, 0.25) is 0 Å². The fourth-order valence-electron chi connectivity index (χ4n) is 3.12. The third-order valence-electron chi connectivity index (χ3n) is 4.31. The smallest absolute Gasteiger partial charge is 0.0571 e. The zero-order valence-corrected chi connectivity index (χ0v) is 7.67. The fraction of sp³-hybridized carbons (Fsp3) is 1.00. The van der Waals surface area contributed by atoms with Crippen LogP contribution in [0.1, 0.15) is 33.6 Å². The molecule has 11 heavy (non-hydrogen) atoms. The molecule has 0 saturated heterocycles. The van der Waals surface area contributed by atoms with Gasteiger partial charge >= 0.3 is 0 Å². The molecule has 2 bridgehead atoms. The lowest BCUT2D eigenvalue weighted by atomic mass is 9.45. The second-order valence-electron chi connectivity index (χ2n) is 5.02. The van der Waals surface area contributed by atoms with Gasteiger partial charge in [-0.15, -0.1) is 0 Å². The number of aliphatic hydroxyl groups excluding tert-OH is 1. The minimum atomic E-state index is -0.00762. The van der Waals surface area contributed by atoms with Crippen molar-refractivity contribution >= 4 is 0 Å². The van der Waals surface area contributed by atoms with Crippen molar-refractivity contribution in [2.75, 3.05) is 0 Å². The Morgan fingerprint density at radius 2 is 1.91 bits per heavy atom. The van der Waals surface area contributed by atoms with Crippen LogP contribution >= 0.6 is 0 Å². The van der Waals surface area contributed by atoms with Crippen LogP contribution in [0.5, 0.6) is 0 Å². The minimum Gasteiger partial charge on any atom is -0.393 e. The number of hydrogen-bond acceptors (Lipinski definition) is 1. The lowest BCUT2D eigenvalue weighted by Gasteiger charge is -2.61. The first kappa shape index (κ1) is 7.60. The Balaban J connectivity index is 2.17. The van der Waals surface area contributed by atoms with Crippen molar-refractivity contribution < 1.29 is 5.11 Å². The van der Waals surface area contributed by atoms with Crippen LogP contribution < -0.4 is 0 Å². The molecule has 3 aliphatic rings. The molecule has 0 aromatic heterocycles. The Labute approximate surface area is 68.8 Å². The van der Waals surface area contributed by atoms with Gasteiger partial charge in [-0.1, -0.05) is 20.8 Å². The molecule has 2 unspecified atom stereocenters. The zero-order valence-electron chi connectivity index (χ0n) is 7.67. The van der Waals surface area contributed by atoms with Crippen LogP contribution in [0.3, 0.4) is 0 Å². The monoisotopic (exact) mass is 154 g/mol. The number of fused-ring (bicyclic) bond motifs is 2. The first-order valence-corrected chi connectivity index (χ1v) is 4.71. The summed E-state index contributed by atoms with van der Waals surface area (Å²) in [5, 5.41) is 9.61. The van der Waals surface area contributed by atoms with E-state index < -0.39 is 0 Å². The molecule has 0 aromatic rings. The van der Waals surface area contributed by atoms with E-state index in [4.69, 9.17) is 0 Å². The van der Waals surface area contributed by atoms with Crippen LogP contribution in [0.4, 0.5) is 0 Å². The lowest BCUT2D eigenvalue weighted by molar-refractivity contribution is -0.154. The standard InChI is InChI=1S/C10H18O/c1-6-8-4-7(5-9(6)11)10(8,2)3/h6-9,11H,4-5H2,1-3H3/t6?,7-,8-,9?/m0/s1. The van der Waals surface area contributed by atoms with E-state index in [1.54, 1.807) is 0 Å². The summed E-state index contributed by atoms with van der Waals surface area (Å²) in [5.74, 6) is 2.13. The van der Waals surface area contributed by atoms with Gasteiger partial charge in [-0.25, -0.2) is 0 Å². The Morgan fingerprint density at radius 1 is 1.27 bits per heavy atom. The van der Waals surface area contributed by atoms with Crippen LogP contribution in [-0.4, -0.2) is 11.2 Å². The van der Waals surface area contributed by atoms with Crippen molar-refractivity contribution in [3.63, 3.8) is 0 Å². The third kappa shape index (κ3) is 0.807. The number of aliphatic hydroxyl groups is 1. The van der Waals surface area contributed by atoms with Crippen molar-refractivity contribution in [1.82, 2.24) is 0 Å². The van der Waals surface area contributed by atoms with Gasteiger partial charge in [-0.05, 0) is 36.0 Å². The average Bonchev–Trinajstić information content (AvgIpc) is 1.93. The summed E-state index contributed by atoms with van der Waals surface area (Å²) in [5.41, 5.74) is 0.526. The highest BCUT2D eigenvalue weighted by Gasteiger charge is 2.55. The molecule has 64 valence electrons. The van der Waals surface area contributed by atoms with Crippen LogP contribution in [0, 0.1) is 23.2 Å². The highest BCUT2D eigenvalue weighted by Crippen LogP contribution is 2.61. The molecule has 0 heterocycles. The Morgan fingerprint density at radius 3 is 2.27 bits per heavy atom. The highest BCUT2D eigenvalue weighted by molar-refractivity contribution is 5.04. The van der Waals surface area contributed by atoms with E-state index >= 15 is 0 Å². The summed E-state index contributed by atoms with van der Waals surface area (Å²) in [7, 11) is 0. The van der Waals surface area contributed by atoms with Gasteiger partial charge in [0.25, 0.3) is 0 Å². The molecule has 0 spiro atoms. The van der Waals surface area contributed by atoms with Gasteiger partial charge in [0.05, 0.1) is 6.10 Å². The van der Waals surface area contributed by atoms with E-state index in [1.165, 1.54) is 6.42 Å². The molecule has 1 N–H and O–H groups in total. The Bertz CT molecular complexity index is 174. The molecule has 3 rings (SSSR count). The van der Waals surface area contributed by atoms with Gasteiger partial charge < -0.3 is 5.11 Å². The van der Waals surface area contributed by atoms with Crippen LogP contribution in [0.15, 0.2) is 0 Å². The van der Waals surface area contributed by atoms with Crippen molar-refractivity contribution in [3.8, 4) is 0 Å². The average molecular weight is 154 g/mol. The minimum absolute atomic E-state index is 0.00762. The number of rotatable bonds is 0. The molecular weight excluding hydrogens is 136 g/mol. The molecule has 0 amide bonds. The van der Waals surface area contributed by atoms with E-state index in [2.05, 4.69) is 20.8 Å². The van der Waals surface area contributed by atoms with E-state index in [1.807, 2.05) is 0 Å². The van der Waals surface area contributed by atoms with Gasteiger partial charge in [0.15, 0.2) is 0 Å². The second kappa shape index (κ2) is 2.01. The SMILES string of the molecule is CC1C(O)C[C@@H]2C[C@@H]1C2(C)C. The molecule has 1 heteroatoms. The number of hydrogen-bond donors (Lipinski definition) is 1. The third-order valence-corrected chi connectivity index (χ3v) is 4.31. The molecule has 0 radical (unpaired) electrons. The quantitative estimate of drug-likeness (QED) is 0.566. The highest BCUT2D eigenvalue weighted by atomic mass is 16.3. The summed E-state index contributed by atoms with van der Waals surface area (Å²) >= 11 is 0. The molecule has 0 aromatic carbocycles. The lowest BCUT2D eigenvalue weighted by Crippen LogP contribution is -2.56. The molecule has 1 nitrogen and oxygen atoms in total. The maximum absolute atomic E-state index is 9.61. The first-order valence-electron chi connectivity index (χ1n) is 4.71. The van der Waals surface area contributed by atoms with Gasteiger partial charge in [-0.3, -0.25) is 0 Å². The van der Waals surface area contributed by atoms with Crippen molar-refractivity contribution in [2.24, 2.45) is 23.2 Å². The van der Waals surface area contributed by atoms with Gasteiger partial charge in [0, 0.05) is 0 Å². The Hall–Kier alpha value is -0.0400. The summed E-state index contributed by atoms with van der Waals surface area (Å²) in [6.45, 7) is 6.91. The van der Waals surface area contributed by atoms with Crippen LogP contribution in [0.25, 0.3) is 0 Å². The predicted octanol–water partition coefficient (Wildman–Crippen LogP) is 2.05. The molecular formula is C10H18O. The van der Waals surface area contributed by atoms with Crippen molar-refractivity contribution in [3.05, 3.63) is 0 Å². The molecule has 3 fully saturated rings. The summed E-state index contributed by atoms with van der Waals surface area (Å²) in [4.78, 5) is 0. The maximum Gasteiger partial charge on any atom is 0.0571 e. The zero-order chi connectivity index (χ0) is 8.22. The summed E-state index contributed by atoms with van der Waals surface area (Å²) in [6.07, 6.45) is 2.40. The van der Waals surface area contributed by atoms with E-state index in [0.717, 1.165) is 18.3 Å². The first-order chi connectivity index (χ1) is 5.03. The molecule has 0 aliphatic heterocycles. The molecule has 4 atom stereocenters. The van der Waals surface area contributed by atoms with Crippen molar-refractivity contribution in [1.29, 1.82) is 0 Å². The molecule has 3 aliphatic carbocycles. The van der Waals surface area contributed by atoms with Crippen LogP contribution in [-0.2, 0) is 0 Å². The van der Waals surface area contributed by atoms with Gasteiger partial charge in [0.2, 0.25) is 0 Å². The second-order valence-corrected chi connectivity index (χ2v) is 5.02. The predicted molar refractivity (Wildman–Crippen MR) is 45.2 cm³/mol. The van der Waals surface area contributed by atoms with Crippen molar-refractivity contribution in [2.45, 2.75) is 39.7 Å². The fourth-order valence-corrected chi connectivity index (χ4v) is 3.12. The normalized spacial score (nSPS) is 53.5. The Kier molecular flexibility index (Phi) is 1.39. The van der Waals surface area contributed by atoms with E-state index in [9.17, 15) is 5.11 Å². The van der Waals surface area contributed by atoms with E-state index in [-0.39, 0.29) is 6.10 Å². The molecule has 3 saturated carbocycles. The van der Waals surface area contributed by atoms with Gasteiger partial charge in [0.1, 0.15) is 0 Å². The van der Waals surface area contributed by atoms with Gasteiger partial charge in [-0.2, -0.15) is 0 Å². The summed E-state index contributed by atoms with van der Waals surface area (Å²) in [6, 6.07) is 0. The topological polar surface area (TPSA) is 20.2 Å². The maximum atomic E-state index is 9.61. The summed E-state index contributed by atoms with van der Waals surface area (Å²) < 4.78 is 0.